The molecule has 4 aliphatic rings. The summed E-state index contributed by atoms with van der Waals surface area (Å²) in [7, 11) is 0. The van der Waals surface area contributed by atoms with E-state index in [-0.39, 0.29) is 57.0 Å². The molecule has 1 aromatic heterocycles. The second-order valence-corrected chi connectivity index (χ2v) is 12.6. The van der Waals surface area contributed by atoms with E-state index in [1.807, 2.05) is 19.1 Å². The number of H-pyrrole nitrogens is 1. The number of aromatic hydroxyl groups is 1. The Labute approximate surface area is 230 Å². The lowest BCUT2D eigenvalue weighted by atomic mass is 9.68. The van der Waals surface area contributed by atoms with Gasteiger partial charge in [0.2, 0.25) is 11.8 Å². The predicted octanol–water partition coefficient (Wildman–Crippen LogP) is 4.13. The maximum absolute atomic E-state index is 13.8. The summed E-state index contributed by atoms with van der Waals surface area (Å²) in [6.07, 6.45) is 0.745. The minimum atomic E-state index is -0.516. The van der Waals surface area contributed by atoms with Crippen LogP contribution in [-0.4, -0.2) is 38.7 Å². The summed E-state index contributed by atoms with van der Waals surface area (Å²) in [6, 6.07) is 10.8. The number of anilines is 1. The number of phenols is 1. The van der Waals surface area contributed by atoms with Crippen LogP contribution < -0.4 is 14.5 Å². The molecule has 12 heteroatoms. The molecular weight excluding hydrogens is 542 g/mol. The van der Waals surface area contributed by atoms with Crippen molar-refractivity contribution in [3.63, 3.8) is 0 Å². The molecule has 2 bridgehead atoms. The molecule has 1 saturated heterocycles. The number of benzene rings is 2. The minimum absolute atomic E-state index is 0.00720. The first kappa shape index (κ1) is 24.4. The lowest BCUT2D eigenvalue weighted by Gasteiger charge is -2.43. The Bertz CT molecular complexity index is 1600. The lowest BCUT2D eigenvalue weighted by Crippen LogP contribution is -2.42. The molecule has 200 valence electrons. The number of thiazole rings is 1. The van der Waals surface area contributed by atoms with Crippen LogP contribution in [0.25, 0.3) is 0 Å². The molecule has 2 aliphatic carbocycles. The molecule has 7 rings (SSSR count). The zero-order chi connectivity index (χ0) is 27.2. The first-order valence-electron chi connectivity index (χ1n) is 12.8. The summed E-state index contributed by atoms with van der Waals surface area (Å²) in [5.41, 5.74) is 1.14. The third kappa shape index (κ3) is 3.43. The highest BCUT2D eigenvalue weighted by atomic mass is 32.2. The monoisotopic (exact) mass is 565 g/mol. The van der Waals surface area contributed by atoms with E-state index in [9.17, 15) is 29.6 Å². The Morgan fingerprint density at radius 3 is 2.51 bits per heavy atom. The number of thioether (sulfide) groups is 1. The fraction of sp³-hybridized carbons (Fsp3) is 0.370. The van der Waals surface area contributed by atoms with Crippen LogP contribution in [0.5, 0.6) is 11.5 Å². The van der Waals surface area contributed by atoms with Crippen molar-refractivity contribution in [1.29, 1.82) is 0 Å². The van der Waals surface area contributed by atoms with Gasteiger partial charge in [-0.25, -0.2) is 0 Å². The van der Waals surface area contributed by atoms with Crippen LogP contribution in [0.3, 0.4) is 0 Å². The summed E-state index contributed by atoms with van der Waals surface area (Å²) in [6.45, 7) is 2.22. The molecule has 2 aromatic carbocycles. The number of nitro benzene ring substituents is 1. The van der Waals surface area contributed by atoms with Crippen LogP contribution in [0.1, 0.15) is 29.7 Å². The zero-order valence-electron chi connectivity index (χ0n) is 20.6. The average Bonchev–Trinajstić information content (AvgIpc) is 3.64. The fourth-order valence-electron chi connectivity index (χ4n) is 7.36. The number of ether oxygens (including phenoxy) is 1. The molecule has 3 heterocycles. The molecule has 39 heavy (non-hydrogen) atoms. The topological polar surface area (TPSA) is 143 Å². The first-order chi connectivity index (χ1) is 18.8. The molecule has 0 spiro atoms. The summed E-state index contributed by atoms with van der Waals surface area (Å²) in [4.78, 5) is 55.5. The van der Waals surface area contributed by atoms with E-state index in [4.69, 9.17) is 4.74 Å². The minimum Gasteiger partial charge on any atom is -0.504 e. The number of hydrogen-bond donors (Lipinski definition) is 2. The van der Waals surface area contributed by atoms with Crippen molar-refractivity contribution in [3.05, 3.63) is 72.7 Å². The van der Waals surface area contributed by atoms with Gasteiger partial charge in [0, 0.05) is 28.2 Å². The SMILES string of the molecule is CCOc1cc([C@H]2c3sc(=O)[nH]c3SC3C4CC(C5C(=O)N(c6ccc([N+](=O)[O-])cc6)C(=O)C45)C32)ccc1O. The van der Waals surface area contributed by atoms with Crippen molar-refractivity contribution in [2.75, 3.05) is 11.5 Å². The average molecular weight is 566 g/mol. The van der Waals surface area contributed by atoms with E-state index in [0.717, 1.165) is 21.9 Å². The predicted molar refractivity (Wildman–Crippen MR) is 143 cm³/mol. The number of carbonyl (C=O) groups excluding carboxylic acids is 2. The van der Waals surface area contributed by atoms with Gasteiger partial charge in [0.1, 0.15) is 0 Å². The maximum atomic E-state index is 13.8. The van der Waals surface area contributed by atoms with Crippen molar-refractivity contribution in [2.24, 2.45) is 29.6 Å². The van der Waals surface area contributed by atoms with Crippen molar-refractivity contribution in [1.82, 2.24) is 4.98 Å². The normalized spacial score (nSPS) is 30.3. The van der Waals surface area contributed by atoms with Gasteiger partial charge in [0.05, 0.1) is 34.1 Å². The van der Waals surface area contributed by atoms with Gasteiger partial charge in [-0.2, -0.15) is 0 Å². The molecule has 6 unspecified atom stereocenters. The van der Waals surface area contributed by atoms with E-state index in [0.29, 0.717) is 18.0 Å². The Balaban J connectivity index is 1.29. The number of non-ortho nitro benzene ring substituents is 1. The number of imide groups is 1. The summed E-state index contributed by atoms with van der Waals surface area (Å²) < 4.78 is 5.65. The number of hydrogen-bond acceptors (Lipinski definition) is 9. The number of amides is 2. The molecule has 10 nitrogen and oxygen atoms in total. The van der Waals surface area contributed by atoms with Crippen LogP contribution >= 0.6 is 23.1 Å². The molecule has 2 amide bonds. The van der Waals surface area contributed by atoms with Crippen LogP contribution in [0.4, 0.5) is 11.4 Å². The van der Waals surface area contributed by atoms with Crippen LogP contribution in [0.15, 0.2) is 52.3 Å². The highest BCUT2D eigenvalue weighted by Gasteiger charge is 2.69. The molecule has 7 atom stereocenters. The largest absolute Gasteiger partial charge is 0.504 e. The van der Waals surface area contributed by atoms with Gasteiger partial charge in [-0.15, -0.1) is 11.8 Å². The van der Waals surface area contributed by atoms with Gasteiger partial charge < -0.3 is 14.8 Å². The van der Waals surface area contributed by atoms with Crippen molar-refractivity contribution in [3.8, 4) is 11.5 Å². The van der Waals surface area contributed by atoms with E-state index in [1.54, 1.807) is 17.8 Å². The zero-order valence-corrected chi connectivity index (χ0v) is 22.2. The molecule has 0 radical (unpaired) electrons. The smallest absolute Gasteiger partial charge is 0.305 e. The highest BCUT2D eigenvalue weighted by Crippen LogP contribution is 2.68. The maximum Gasteiger partial charge on any atom is 0.305 e. The van der Waals surface area contributed by atoms with Gasteiger partial charge in [-0.1, -0.05) is 17.4 Å². The van der Waals surface area contributed by atoms with E-state index in [1.165, 1.54) is 40.5 Å². The molecule has 2 N–H and O–H groups in total. The number of aromatic amines is 1. The van der Waals surface area contributed by atoms with Gasteiger partial charge in [0.25, 0.3) is 5.69 Å². The third-order valence-corrected chi connectivity index (χ3v) is 11.3. The quantitative estimate of drug-likeness (QED) is 0.267. The van der Waals surface area contributed by atoms with E-state index < -0.39 is 16.8 Å². The first-order valence-corrected chi connectivity index (χ1v) is 14.5. The van der Waals surface area contributed by atoms with Crippen LogP contribution in [-0.2, 0) is 9.59 Å². The van der Waals surface area contributed by atoms with Crippen molar-refractivity contribution in [2.45, 2.75) is 29.5 Å². The standard InChI is InChI=1S/C27H23N3O7S2/c1-2-37-17-9-11(3-8-16(17)31)18-19-14-10-15(22(19)38-24-23(18)39-27(34)28-24)21-20(14)25(32)29(26(21)33)12-4-6-13(7-5-12)30(35)36/h3-9,14-15,18-22,31H,2,10H2,1H3,(H,28,34)/t14?,15?,18-,19?,20?,21?,22?/m1/s1. The molecular formula is C27H23N3O7S2. The summed E-state index contributed by atoms with van der Waals surface area (Å²) in [5, 5.41) is 22.2. The van der Waals surface area contributed by atoms with Crippen molar-refractivity contribution < 1.29 is 24.4 Å². The number of nitrogens with zero attached hydrogens (tertiary/aromatic N) is 2. The van der Waals surface area contributed by atoms with Gasteiger partial charge >= 0.3 is 4.87 Å². The molecule has 2 aliphatic heterocycles. The van der Waals surface area contributed by atoms with E-state index >= 15 is 0 Å². The number of carbonyl (C=O) groups is 2. The fourth-order valence-corrected chi connectivity index (χ4v) is 10.3. The molecule has 3 aromatic rings. The number of aromatic nitrogens is 1. The Hall–Kier alpha value is -3.64. The van der Waals surface area contributed by atoms with Gasteiger partial charge in [-0.05, 0) is 60.9 Å². The lowest BCUT2D eigenvalue weighted by molar-refractivity contribution is -0.384. The highest BCUT2D eigenvalue weighted by molar-refractivity contribution is 8.00. The molecule has 3 fully saturated rings. The Morgan fingerprint density at radius 2 is 1.82 bits per heavy atom. The molecule has 2 saturated carbocycles. The summed E-state index contributed by atoms with van der Waals surface area (Å²) >= 11 is 2.77. The van der Waals surface area contributed by atoms with Gasteiger partial charge in [0.15, 0.2) is 11.5 Å². The third-order valence-electron chi connectivity index (χ3n) is 8.69. The second-order valence-electron chi connectivity index (χ2n) is 10.4. The Morgan fingerprint density at radius 1 is 1.10 bits per heavy atom. The number of rotatable bonds is 5. The number of fused-ring (bicyclic) bond motifs is 9. The van der Waals surface area contributed by atoms with Crippen LogP contribution in [0.2, 0.25) is 0 Å². The number of nitro groups is 1. The Kier molecular flexibility index (Phi) is 5.43. The van der Waals surface area contributed by atoms with E-state index in [2.05, 4.69) is 4.98 Å². The second kappa shape index (κ2) is 8.68. The van der Waals surface area contributed by atoms with Crippen molar-refractivity contribution >= 4 is 46.3 Å². The van der Waals surface area contributed by atoms with Crippen LogP contribution in [0, 0.1) is 39.7 Å². The summed E-state index contributed by atoms with van der Waals surface area (Å²) in [5.74, 6) is -1.36. The number of nitrogens with one attached hydrogen (secondary N) is 1. The van der Waals surface area contributed by atoms with Gasteiger partial charge in [-0.3, -0.25) is 29.4 Å². The number of phenolic OH excluding ortho intramolecular Hbond substituents is 1.